The van der Waals surface area contributed by atoms with E-state index in [0.717, 1.165) is 6.04 Å². The normalized spacial score (nSPS) is 28.5. The zero-order chi connectivity index (χ0) is 12.7. The lowest BCUT2D eigenvalue weighted by atomic mass is 10.0. The minimum absolute atomic E-state index is 0.624. The van der Waals surface area contributed by atoms with E-state index in [0.29, 0.717) is 6.04 Å². The highest BCUT2D eigenvalue weighted by molar-refractivity contribution is 9.10. The molecular weight excluding hydrogens is 288 g/mol. The van der Waals surface area contributed by atoms with Crippen molar-refractivity contribution in [3.63, 3.8) is 0 Å². The van der Waals surface area contributed by atoms with Gasteiger partial charge in [0.15, 0.2) is 0 Å². The van der Waals surface area contributed by atoms with Gasteiger partial charge in [-0.2, -0.15) is 0 Å². The summed E-state index contributed by atoms with van der Waals surface area (Å²) in [7, 11) is 0. The molecule has 2 aliphatic heterocycles. The fourth-order valence-electron chi connectivity index (χ4n) is 3.46. The van der Waals surface area contributed by atoms with E-state index >= 15 is 0 Å². The van der Waals surface area contributed by atoms with Crippen LogP contribution in [0.3, 0.4) is 0 Å². The second kappa shape index (κ2) is 4.86. The van der Waals surface area contributed by atoms with E-state index in [2.05, 4.69) is 57.8 Å². The highest BCUT2D eigenvalue weighted by atomic mass is 79.9. The molecule has 0 spiro atoms. The fraction of sp³-hybridized carbons (Fsp3) is 0.600. The molecule has 2 unspecified atom stereocenters. The van der Waals surface area contributed by atoms with E-state index in [-0.39, 0.29) is 0 Å². The number of aryl methyl sites for hydroxylation is 1. The van der Waals surface area contributed by atoms with E-state index in [9.17, 15) is 0 Å². The van der Waals surface area contributed by atoms with Crippen LogP contribution >= 0.6 is 15.9 Å². The third-order valence-corrected chi connectivity index (χ3v) is 4.90. The van der Waals surface area contributed by atoms with E-state index in [4.69, 9.17) is 0 Å². The molecule has 0 saturated carbocycles. The molecule has 0 amide bonds. The van der Waals surface area contributed by atoms with Crippen molar-refractivity contribution in [2.75, 3.05) is 24.5 Å². The molecule has 98 valence electrons. The molecule has 1 aromatic carbocycles. The van der Waals surface area contributed by atoms with Gasteiger partial charge >= 0.3 is 0 Å². The average Bonchev–Trinajstić information content (AvgIpc) is 2.75. The number of piperazine rings is 1. The Morgan fingerprint density at radius 3 is 2.89 bits per heavy atom. The van der Waals surface area contributed by atoms with Crippen LogP contribution in [0.5, 0.6) is 0 Å². The summed E-state index contributed by atoms with van der Waals surface area (Å²) >= 11 is 3.55. The Balaban J connectivity index is 1.86. The summed E-state index contributed by atoms with van der Waals surface area (Å²) in [5, 5.41) is 0. The molecule has 18 heavy (non-hydrogen) atoms. The molecule has 0 aromatic heterocycles. The summed E-state index contributed by atoms with van der Waals surface area (Å²) in [6, 6.07) is 8.06. The van der Waals surface area contributed by atoms with Crippen LogP contribution in [0.25, 0.3) is 0 Å². The van der Waals surface area contributed by atoms with Crippen LogP contribution in [-0.2, 0) is 0 Å². The highest BCUT2D eigenvalue weighted by Crippen LogP contribution is 2.31. The minimum Gasteiger partial charge on any atom is -0.366 e. The van der Waals surface area contributed by atoms with E-state index in [1.807, 2.05) is 0 Å². The molecule has 2 heterocycles. The molecular formula is C15H21BrN2. The number of hydrogen-bond acceptors (Lipinski definition) is 2. The van der Waals surface area contributed by atoms with Crippen molar-refractivity contribution in [2.45, 2.75) is 38.8 Å². The molecule has 2 saturated heterocycles. The lowest BCUT2D eigenvalue weighted by Crippen LogP contribution is -2.55. The van der Waals surface area contributed by atoms with Crippen molar-refractivity contribution in [1.82, 2.24) is 4.90 Å². The lowest BCUT2D eigenvalue weighted by molar-refractivity contribution is 0.203. The standard InChI is InChI=1S/C15H21BrN2/c1-11-8-13(16)5-6-15(11)18-10-14-4-3-7-17(14)9-12(18)2/h5-6,8,12,14H,3-4,7,9-10H2,1-2H3. The Labute approximate surface area is 118 Å². The van der Waals surface area contributed by atoms with Crippen molar-refractivity contribution in [1.29, 1.82) is 0 Å². The first kappa shape index (κ1) is 12.5. The van der Waals surface area contributed by atoms with Crippen LogP contribution in [-0.4, -0.2) is 36.6 Å². The molecule has 3 rings (SSSR count). The smallest absolute Gasteiger partial charge is 0.0400 e. The van der Waals surface area contributed by atoms with Gasteiger partial charge in [-0.15, -0.1) is 0 Å². The summed E-state index contributed by atoms with van der Waals surface area (Å²) in [6.45, 7) is 8.30. The average molecular weight is 309 g/mol. The zero-order valence-corrected chi connectivity index (χ0v) is 12.8. The maximum atomic E-state index is 3.55. The first-order valence-corrected chi connectivity index (χ1v) is 7.71. The van der Waals surface area contributed by atoms with Gasteiger partial charge < -0.3 is 4.90 Å². The monoisotopic (exact) mass is 308 g/mol. The van der Waals surface area contributed by atoms with Crippen molar-refractivity contribution < 1.29 is 0 Å². The number of rotatable bonds is 1. The minimum atomic E-state index is 0.624. The maximum absolute atomic E-state index is 3.55. The van der Waals surface area contributed by atoms with Gasteiger partial charge in [0.2, 0.25) is 0 Å². The van der Waals surface area contributed by atoms with Gasteiger partial charge in [-0.25, -0.2) is 0 Å². The van der Waals surface area contributed by atoms with Gasteiger partial charge in [0, 0.05) is 35.3 Å². The Morgan fingerprint density at radius 2 is 2.11 bits per heavy atom. The number of anilines is 1. The number of halogens is 1. The summed E-state index contributed by atoms with van der Waals surface area (Å²) in [6.07, 6.45) is 2.75. The molecule has 3 heteroatoms. The molecule has 0 aliphatic carbocycles. The van der Waals surface area contributed by atoms with Crippen LogP contribution in [0, 0.1) is 6.92 Å². The Hall–Kier alpha value is -0.540. The summed E-state index contributed by atoms with van der Waals surface area (Å²) in [5.74, 6) is 0. The van der Waals surface area contributed by atoms with E-state index < -0.39 is 0 Å². The number of benzene rings is 1. The van der Waals surface area contributed by atoms with Gasteiger partial charge in [0.05, 0.1) is 0 Å². The SMILES string of the molecule is Cc1cc(Br)ccc1N1CC2CCCN2CC1C. The lowest BCUT2D eigenvalue weighted by Gasteiger charge is -2.44. The van der Waals surface area contributed by atoms with Gasteiger partial charge in [-0.3, -0.25) is 4.90 Å². The predicted octanol–water partition coefficient (Wildman–Crippen LogP) is 3.43. The molecule has 0 N–H and O–H groups in total. The quantitative estimate of drug-likeness (QED) is 0.784. The number of hydrogen-bond donors (Lipinski definition) is 0. The second-order valence-corrected chi connectivity index (χ2v) is 6.64. The fourth-order valence-corrected chi connectivity index (χ4v) is 3.94. The maximum Gasteiger partial charge on any atom is 0.0400 e. The first-order chi connectivity index (χ1) is 8.65. The van der Waals surface area contributed by atoms with Crippen LogP contribution in [0.15, 0.2) is 22.7 Å². The summed E-state index contributed by atoms with van der Waals surface area (Å²) in [4.78, 5) is 5.28. The Kier molecular flexibility index (Phi) is 3.37. The molecule has 2 atom stereocenters. The number of nitrogens with zero attached hydrogens (tertiary/aromatic N) is 2. The number of fused-ring (bicyclic) bond motifs is 1. The zero-order valence-electron chi connectivity index (χ0n) is 11.2. The van der Waals surface area contributed by atoms with Crippen LogP contribution in [0.1, 0.15) is 25.3 Å². The van der Waals surface area contributed by atoms with Gasteiger partial charge in [0.1, 0.15) is 0 Å². The predicted molar refractivity (Wildman–Crippen MR) is 80.3 cm³/mol. The summed E-state index contributed by atoms with van der Waals surface area (Å²) in [5.41, 5.74) is 2.79. The van der Waals surface area contributed by atoms with Crippen molar-refractivity contribution >= 4 is 21.6 Å². The van der Waals surface area contributed by atoms with Crippen LogP contribution in [0.4, 0.5) is 5.69 Å². The van der Waals surface area contributed by atoms with Crippen LogP contribution < -0.4 is 4.90 Å². The van der Waals surface area contributed by atoms with Crippen molar-refractivity contribution in [3.05, 3.63) is 28.2 Å². The van der Waals surface area contributed by atoms with E-state index in [1.165, 1.54) is 48.2 Å². The topological polar surface area (TPSA) is 6.48 Å². The highest BCUT2D eigenvalue weighted by Gasteiger charge is 2.34. The molecule has 0 radical (unpaired) electrons. The van der Waals surface area contributed by atoms with Gasteiger partial charge in [-0.1, -0.05) is 15.9 Å². The van der Waals surface area contributed by atoms with E-state index in [1.54, 1.807) is 0 Å². The molecule has 1 aromatic rings. The van der Waals surface area contributed by atoms with Crippen molar-refractivity contribution in [2.24, 2.45) is 0 Å². The first-order valence-electron chi connectivity index (χ1n) is 6.92. The van der Waals surface area contributed by atoms with Gasteiger partial charge in [0.25, 0.3) is 0 Å². The Morgan fingerprint density at radius 1 is 1.28 bits per heavy atom. The molecule has 0 bridgehead atoms. The Bertz CT molecular complexity index is 446. The van der Waals surface area contributed by atoms with Crippen LogP contribution in [0.2, 0.25) is 0 Å². The van der Waals surface area contributed by atoms with Gasteiger partial charge in [-0.05, 0) is 57.0 Å². The van der Waals surface area contributed by atoms with Crippen molar-refractivity contribution in [3.8, 4) is 0 Å². The second-order valence-electron chi connectivity index (χ2n) is 5.72. The molecule has 2 fully saturated rings. The summed E-state index contributed by atoms with van der Waals surface area (Å²) < 4.78 is 1.18. The molecule has 2 nitrogen and oxygen atoms in total. The largest absolute Gasteiger partial charge is 0.366 e. The molecule has 2 aliphatic rings. The third-order valence-electron chi connectivity index (χ3n) is 4.41. The third kappa shape index (κ3) is 2.19.